The minimum atomic E-state index is -0.896. The lowest BCUT2D eigenvalue weighted by Gasteiger charge is -2.32. The lowest BCUT2D eigenvalue weighted by atomic mass is 9.81. The molecule has 1 fully saturated rings. The average Bonchev–Trinajstić information content (AvgIpc) is 3.01. The van der Waals surface area contributed by atoms with Crippen molar-refractivity contribution < 1.29 is 19.2 Å². The summed E-state index contributed by atoms with van der Waals surface area (Å²) >= 11 is 0. The van der Waals surface area contributed by atoms with E-state index in [0.717, 1.165) is 0 Å². The first-order chi connectivity index (χ1) is 13.0. The quantitative estimate of drug-likeness (QED) is 0.478. The molecule has 0 bridgehead atoms. The Bertz CT molecular complexity index is 585. The van der Waals surface area contributed by atoms with Crippen molar-refractivity contribution in [1.82, 2.24) is 25.8 Å². The van der Waals surface area contributed by atoms with E-state index >= 15 is 0 Å². The standard InChI is InChI=1S/C19H35N5O4/c1-13(2)21-15(25)10-23(5)17(27)9-19(7-8-20-12-19)18(28)24(6)11-16(26)22-14(3)4/h13-14,20H,7-12H2,1-6H3,(H,21,25)(H,22,26). The zero-order valence-corrected chi connectivity index (χ0v) is 17.9. The molecule has 1 unspecified atom stereocenters. The van der Waals surface area contributed by atoms with Crippen LogP contribution < -0.4 is 16.0 Å². The van der Waals surface area contributed by atoms with Gasteiger partial charge in [0.05, 0.1) is 18.5 Å². The lowest BCUT2D eigenvalue weighted by Crippen LogP contribution is -2.50. The van der Waals surface area contributed by atoms with Crippen LogP contribution in [-0.2, 0) is 19.2 Å². The SMILES string of the molecule is CC(C)NC(=O)CN(C)C(=O)CC1(C(=O)N(C)CC(=O)NC(C)C)CCNC1. The second kappa shape index (κ2) is 10.4. The Morgan fingerprint density at radius 2 is 1.43 bits per heavy atom. The summed E-state index contributed by atoms with van der Waals surface area (Å²) in [5, 5.41) is 8.65. The van der Waals surface area contributed by atoms with Gasteiger partial charge in [-0.3, -0.25) is 19.2 Å². The van der Waals surface area contributed by atoms with Crippen molar-refractivity contribution in [3.8, 4) is 0 Å². The van der Waals surface area contributed by atoms with Crippen molar-refractivity contribution in [3.05, 3.63) is 0 Å². The van der Waals surface area contributed by atoms with Crippen molar-refractivity contribution >= 4 is 23.6 Å². The second-order valence-corrected chi connectivity index (χ2v) is 8.24. The minimum Gasteiger partial charge on any atom is -0.352 e. The van der Waals surface area contributed by atoms with E-state index in [1.54, 1.807) is 14.1 Å². The van der Waals surface area contributed by atoms with E-state index in [1.807, 2.05) is 27.7 Å². The van der Waals surface area contributed by atoms with Crippen molar-refractivity contribution in [2.24, 2.45) is 5.41 Å². The Morgan fingerprint density at radius 3 is 1.86 bits per heavy atom. The molecule has 0 aromatic rings. The van der Waals surface area contributed by atoms with Crippen LogP contribution in [0.5, 0.6) is 0 Å². The van der Waals surface area contributed by atoms with Gasteiger partial charge in [-0.05, 0) is 40.7 Å². The predicted molar refractivity (Wildman–Crippen MR) is 106 cm³/mol. The van der Waals surface area contributed by atoms with E-state index < -0.39 is 5.41 Å². The van der Waals surface area contributed by atoms with Crippen LogP contribution in [0.25, 0.3) is 0 Å². The molecule has 1 heterocycles. The molecule has 1 atom stereocenters. The summed E-state index contributed by atoms with van der Waals surface area (Å²) in [6.45, 7) is 8.30. The first kappa shape index (κ1) is 23.9. The molecule has 0 aromatic carbocycles. The highest BCUT2D eigenvalue weighted by Crippen LogP contribution is 2.32. The number of carbonyl (C=O) groups is 4. The zero-order valence-electron chi connectivity index (χ0n) is 17.9. The Kier molecular flexibility index (Phi) is 8.87. The molecule has 160 valence electrons. The summed E-state index contributed by atoms with van der Waals surface area (Å²) in [6.07, 6.45) is 0.514. The summed E-state index contributed by atoms with van der Waals surface area (Å²) in [5.74, 6) is -0.972. The van der Waals surface area contributed by atoms with Crippen LogP contribution in [0.3, 0.4) is 0 Å². The van der Waals surface area contributed by atoms with E-state index in [0.29, 0.717) is 19.5 Å². The van der Waals surface area contributed by atoms with Crippen LogP contribution in [0.1, 0.15) is 40.5 Å². The van der Waals surface area contributed by atoms with Crippen LogP contribution in [-0.4, -0.2) is 85.8 Å². The van der Waals surface area contributed by atoms with Crippen LogP contribution in [0, 0.1) is 5.41 Å². The van der Waals surface area contributed by atoms with E-state index in [-0.39, 0.29) is 55.2 Å². The molecule has 0 aliphatic carbocycles. The third-order valence-corrected chi connectivity index (χ3v) is 4.62. The molecular formula is C19H35N5O4. The molecular weight excluding hydrogens is 362 g/mol. The molecule has 1 aliphatic heterocycles. The molecule has 0 saturated carbocycles. The van der Waals surface area contributed by atoms with Crippen molar-refractivity contribution in [2.45, 2.75) is 52.6 Å². The molecule has 1 aliphatic rings. The Balaban J connectivity index is 2.76. The molecule has 3 N–H and O–H groups in total. The number of hydrogen-bond acceptors (Lipinski definition) is 5. The molecule has 0 radical (unpaired) electrons. The molecule has 9 nitrogen and oxygen atoms in total. The third kappa shape index (κ3) is 7.10. The Hall–Kier alpha value is -2.16. The minimum absolute atomic E-state index is 0.000428. The normalized spacial score (nSPS) is 18.9. The van der Waals surface area contributed by atoms with Gasteiger partial charge in [-0.15, -0.1) is 0 Å². The van der Waals surface area contributed by atoms with Gasteiger partial charge in [0.1, 0.15) is 0 Å². The number of carbonyl (C=O) groups excluding carboxylic acids is 4. The molecule has 1 saturated heterocycles. The number of likely N-dealkylation sites (N-methyl/N-ethyl adjacent to an activating group) is 2. The fraction of sp³-hybridized carbons (Fsp3) is 0.789. The van der Waals surface area contributed by atoms with Gasteiger partial charge >= 0.3 is 0 Å². The van der Waals surface area contributed by atoms with Gasteiger partial charge in [-0.25, -0.2) is 0 Å². The maximum Gasteiger partial charge on any atom is 0.239 e. The number of hydrogen-bond donors (Lipinski definition) is 3. The first-order valence-corrected chi connectivity index (χ1v) is 9.76. The first-order valence-electron chi connectivity index (χ1n) is 9.76. The van der Waals surface area contributed by atoms with E-state index in [4.69, 9.17) is 0 Å². The zero-order chi connectivity index (χ0) is 21.5. The van der Waals surface area contributed by atoms with Crippen molar-refractivity contribution in [3.63, 3.8) is 0 Å². The Morgan fingerprint density at radius 1 is 0.929 bits per heavy atom. The largest absolute Gasteiger partial charge is 0.352 e. The number of amides is 4. The summed E-state index contributed by atoms with van der Waals surface area (Å²) in [7, 11) is 3.13. The predicted octanol–water partition coefficient (Wildman–Crippen LogP) is -0.678. The highest BCUT2D eigenvalue weighted by atomic mass is 16.2. The van der Waals surface area contributed by atoms with E-state index in [1.165, 1.54) is 9.80 Å². The highest BCUT2D eigenvalue weighted by Gasteiger charge is 2.45. The van der Waals surface area contributed by atoms with Gasteiger partial charge in [0.25, 0.3) is 0 Å². The number of nitrogens with one attached hydrogen (secondary N) is 3. The summed E-state index contributed by atoms with van der Waals surface area (Å²) in [5.41, 5.74) is -0.896. The Labute approximate surface area is 167 Å². The summed E-state index contributed by atoms with van der Waals surface area (Å²) in [6, 6.07) is -0.0149. The summed E-state index contributed by atoms with van der Waals surface area (Å²) < 4.78 is 0. The molecule has 4 amide bonds. The molecule has 0 spiro atoms. The third-order valence-electron chi connectivity index (χ3n) is 4.62. The van der Waals surface area contributed by atoms with Gasteiger partial charge in [0, 0.05) is 39.1 Å². The van der Waals surface area contributed by atoms with Gasteiger partial charge in [-0.1, -0.05) is 0 Å². The number of nitrogens with zero attached hydrogens (tertiary/aromatic N) is 2. The van der Waals surface area contributed by atoms with Crippen LogP contribution in [0.4, 0.5) is 0 Å². The molecule has 0 aromatic heterocycles. The second-order valence-electron chi connectivity index (χ2n) is 8.24. The van der Waals surface area contributed by atoms with Gasteiger partial charge in [-0.2, -0.15) is 0 Å². The van der Waals surface area contributed by atoms with E-state index in [9.17, 15) is 19.2 Å². The highest BCUT2D eigenvalue weighted by molar-refractivity contribution is 5.93. The maximum atomic E-state index is 13.1. The van der Waals surface area contributed by atoms with Gasteiger partial charge in [0.15, 0.2) is 0 Å². The van der Waals surface area contributed by atoms with Crippen LogP contribution in [0.15, 0.2) is 0 Å². The fourth-order valence-electron chi connectivity index (χ4n) is 3.31. The van der Waals surface area contributed by atoms with Gasteiger partial charge in [0.2, 0.25) is 23.6 Å². The topological polar surface area (TPSA) is 111 Å². The van der Waals surface area contributed by atoms with Crippen LogP contribution >= 0.6 is 0 Å². The number of rotatable bonds is 9. The average molecular weight is 398 g/mol. The molecule has 28 heavy (non-hydrogen) atoms. The maximum absolute atomic E-state index is 13.1. The fourth-order valence-corrected chi connectivity index (χ4v) is 3.31. The lowest BCUT2D eigenvalue weighted by molar-refractivity contribution is -0.147. The van der Waals surface area contributed by atoms with Crippen LogP contribution in [0.2, 0.25) is 0 Å². The van der Waals surface area contributed by atoms with E-state index in [2.05, 4.69) is 16.0 Å². The molecule has 9 heteroatoms. The smallest absolute Gasteiger partial charge is 0.239 e. The van der Waals surface area contributed by atoms with Crippen molar-refractivity contribution in [2.75, 3.05) is 40.3 Å². The van der Waals surface area contributed by atoms with Crippen molar-refractivity contribution in [1.29, 1.82) is 0 Å². The molecule has 1 rings (SSSR count). The summed E-state index contributed by atoms with van der Waals surface area (Å²) in [4.78, 5) is 52.4. The van der Waals surface area contributed by atoms with Gasteiger partial charge < -0.3 is 25.8 Å². The monoisotopic (exact) mass is 397 g/mol.